The minimum Gasteiger partial charge on any atom is -0.343 e. The second-order valence-electron chi connectivity index (χ2n) is 3.50. The molecular weight excluding hydrogens is 206 g/mol. The maximum atomic E-state index is 4.29. The highest BCUT2D eigenvalue weighted by Gasteiger charge is 2.18. The number of anilines is 1. The zero-order chi connectivity index (χ0) is 10.5. The van der Waals surface area contributed by atoms with Crippen LogP contribution in [0.2, 0.25) is 0 Å². The van der Waals surface area contributed by atoms with Gasteiger partial charge in [-0.3, -0.25) is 10.9 Å². The van der Waals surface area contributed by atoms with E-state index >= 15 is 0 Å². The third-order valence-electron chi connectivity index (χ3n) is 2.68. The van der Waals surface area contributed by atoms with E-state index in [0.29, 0.717) is 0 Å². The quantitative estimate of drug-likeness (QED) is 0.448. The molecule has 0 spiro atoms. The normalized spacial score (nSPS) is 13.8. The van der Waals surface area contributed by atoms with Gasteiger partial charge in [-0.1, -0.05) is 0 Å². The van der Waals surface area contributed by atoms with Crippen LogP contribution < -0.4 is 10.9 Å². The van der Waals surface area contributed by atoms with Gasteiger partial charge in [-0.25, -0.2) is 15.0 Å². The summed E-state index contributed by atoms with van der Waals surface area (Å²) in [4.78, 5) is 19.0. The zero-order valence-corrected chi connectivity index (χ0v) is 8.07. The number of nitrogens with one attached hydrogen (secondary N) is 4. The Hall–Kier alpha value is -2.57. The third-order valence-corrected chi connectivity index (χ3v) is 2.68. The zero-order valence-electron chi connectivity index (χ0n) is 8.07. The minimum absolute atomic E-state index is 0.801. The summed E-state index contributed by atoms with van der Waals surface area (Å²) in [6.07, 6.45) is 4.91. The smallest absolute Gasteiger partial charge is 0.120 e. The van der Waals surface area contributed by atoms with E-state index in [1.807, 2.05) is 0 Å². The molecule has 78 valence electrons. The number of benzene rings is 1. The van der Waals surface area contributed by atoms with Gasteiger partial charge >= 0.3 is 0 Å². The Morgan fingerprint density at radius 2 is 1.69 bits per heavy atom. The van der Waals surface area contributed by atoms with E-state index in [0.717, 1.165) is 33.4 Å². The maximum absolute atomic E-state index is 4.29. The Labute approximate surface area is 89.0 Å². The van der Waals surface area contributed by atoms with Crippen LogP contribution in [-0.4, -0.2) is 26.3 Å². The minimum atomic E-state index is 0.801. The van der Waals surface area contributed by atoms with Gasteiger partial charge in [0.05, 0.1) is 23.7 Å². The lowest BCUT2D eigenvalue weighted by Crippen LogP contribution is -2.22. The number of nitrogens with zero attached hydrogens (tertiary/aromatic N) is 3. The Kier molecular flexibility index (Phi) is 1.21. The van der Waals surface area contributed by atoms with Crippen LogP contribution in [0.4, 0.5) is 11.4 Å². The number of fused-ring (bicyclic) bond motifs is 6. The second kappa shape index (κ2) is 2.51. The van der Waals surface area contributed by atoms with Gasteiger partial charge in [0.2, 0.25) is 0 Å². The van der Waals surface area contributed by atoms with Gasteiger partial charge in [-0.15, -0.1) is 0 Å². The number of aromatic nitrogens is 4. The average molecular weight is 213 g/mol. The summed E-state index contributed by atoms with van der Waals surface area (Å²) < 4.78 is 0. The van der Waals surface area contributed by atoms with E-state index in [4.69, 9.17) is 0 Å². The van der Waals surface area contributed by atoms with Crippen LogP contribution in [0, 0.1) is 0 Å². The summed E-state index contributed by atoms with van der Waals surface area (Å²) in [7, 11) is 0. The van der Waals surface area contributed by atoms with E-state index in [2.05, 4.69) is 35.8 Å². The van der Waals surface area contributed by atoms with Crippen molar-refractivity contribution in [1.29, 1.82) is 0 Å². The first-order chi connectivity index (χ1) is 7.95. The Bertz CT molecular complexity index is 720. The average Bonchev–Trinajstić information content (AvgIpc) is 2.98. The molecule has 1 aliphatic rings. The molecule has 0 fully saturated rings. The fraction of sp³-hybridized carbons (Fsp3) is 0. The summed E-state index contributed by atoms with van der Waals surface area (Å²) in [5, 5.41) is 0. The highest BCUT2D eigenvalue weighted by molar-refractivity contribution is 6.15. The van der Waals surface area contributed by atoms with Crippen molar-refractivity contribution < 1.29 is 0 Å². The molecule has 0 amide bonds. The maximum Gasteiger partial charge on any atom is 0.120 e. The molecule has 0 saturated heterocycles. The Morgan fingerprint density at radius 3 is 2.56 bits per heavy atom. The highest BCUT2D eigenvalue weighted by atomic mass is 15.4. The first-order valence-electron chi connectivity index (χ1n) is 4.81. The molecule has 3 aromatic rings. The van der Waals surface area contributed by atoms with Gasteiger partial charge in [0, 0.05) is 0 Å². The number of hydrazine groups is 1. The molecule has 4 rings (SSSR count). The highest BCUT2D eigenvalue weighted by Crippen LogP contribution is 2.39. The number of aromatic amines is 2. The fourth-order valence-electron chi connectivity index (χ4n) is 2.01. The monoisotopic (exact) mass is 213 g/mol. The second-order valence-corrected chi connectivity index (χ2v) is 3.50. The molecule has 0 bridgehead atoms. The van der Waals surface area contributed by atoms with Crippen molar-refractivity contribution in [3.8, 4) is 0 Å². The van der Waals surface area contributed by atoms with E-state index in [-0.39, 0.29) is 0 Å². The number of rotatable bonds is 0. The molecule has 3 heterocycles. The molecule has 0 unspecified atom stereocenters. The van der Waals surface area contributed by atoms with Crippen LogP contribution in [-0.2, 0) is 0 Å². The van der Waals surface area contributed by atoms with Gasteiger partial charge in [-0.2, -0.15) is 0 Å². The van der Waals surface area contributed by atoms with Crippen molar-refractivity contribution in [3.05, 3.63) is 12.7 Å². The van der Waals surface area contributed by atoms with Gasteiger partial charge in [-0.05, 0) is 0 Å². The van der Waals surface area contributed by atoms with Crippen LogP contribution in [0.5, 0.6) is 0 Å². The number of aliphatic imine (C=N–C) groups is 1. The molecule has 1 aliphatic heterocycles. The lowest BCUT2D eigenvalue weighted by molar-refractivity contribution is 1.13. The van der Waals surface area contributed by atoms with Crippen molar-refractivity contribution in [2.45, 2.75) is 0 Å². The van der Waals surface area contributed by atoms with Crippen LogP contribution >= 0.6 is 0 Å². The molecule has 0 radical (unpaired) electrons. The third kappa shape index (κ3) is 0.761. The molecule has 2 aromatic heterocycles. The lowest BCUT2D eigenvalue weighted by Gasteiger charge is -2.14. The van der Waals surface area contributed by atoms with E-state index < -0.39 is 0 Å². The van der Waals surface area contributed by atoms with Crippen molar-refractivity contribution in [2.24, 2.45) is 4.99 Å². The lowest BCUT2D eigenvalue weighted by atomic mass is 10.2. The number of imidazole rings is 2. The van der Waals surface area contributed by atoms with Crippen LogP contribution in [0.15, 0.2) is 17.6 Å². The number of H-pyrrole nitrogens is 2. The van der Waals surface area contributed by atoms with Crippen molar-refractivity contribution >= 4 is 39.8 Å². The van der Waals surface area contributed by atoms with Crippen molar-refractivity contribution in [1.82, 2.24) is 25.4 Å². The predicted molar refractivity (Wildman–Crippen MR) is 60.7 cm³/mol. The van der Waals surface area contributed by atoms with Crippen LogP contribution in [0.3, 0.4) is 0 Å². The van der Waals surface area contributed by atoms with E-state index in [1.165, 1.54) is 0 Å². The van der Waals surface area contributed by atoms with Gasteiger partial charge in [0.1, 0.15) is 28.7 Å². The van der Waals surface area contributed by atoms with Crippen LogP contribution in [0.1, 0.15) is 0 Å². The van der Waals surface area contributed by atoms with Gasteiger partial charge in [0.15, 0.2) is 0 Å². The summed E-state index contributed by atoms with van der Waals surface area (Å²) in [6.45, 7) is 0. The van der Waals surface area contributed by atoms with Crippen molar-refractivity contribution in [3.63, 3.8) is 0 Å². The molecule has 0 atom stereocenters. The molecule has 0 saturated carbocycles. The summed E-state index contributed by atoms with van der Waals surface area (Å²) in [5.74, 6) is 0. The number of hydrogen-bond donors (Lipinski definition) is 4. The summed E-state index contributed by atoms with van der Waals surface area (Å²) in [5.41, 5.74) is 11.1. The summed E-state index contributed by atoms with van der Waals surface area (Å²) >= 11 is 0. The standard InChI is InChI=1S/C9H7N7/c1-10-4-5-7(13-2-12-5)9-8(6(4)11-1)14-3-15-16-9/h1-3,16H,(H,10,11)(H,12,13)(H,14,15). The number of hydrogen-bond acceptors (Lipinski definition) is 5. The van der Waals surface area contributed by atoms with Gasteiger partial charge in [0.25, 0.3) is 0 Å². The van der Waals surface area contributed by atoms with Crippen LogP contribution in [0.25, 0.3) is 22.1 Å². The first kappa shape index (κ1) is 7.69. The fourth-order valence-corrected chi connectivity index (χ4v) is 2.01. The largest absolute Gasteiger partial charge is 0.343 e. The molecule has 4 N–H and O–H groups in total. The Balaban J connectivity index is 2.35. The van der Waals surface area contributed by atoms with Crippen molar-refractivity contribution in [2.75, 3.05) is 5.43 Å². The topological polar surface area (TPSA) is 93.8 Å². The first-order valence-corrected chi connectivity index (χ1v) is 4.81. The summed E-state index contributed by atoms with van der Waals surface area (Å²) in [6, 6.07) is 0. The van der Waals surface area contributed by atoms with Gasteiger partial charge < -0.3 is 9.97 Å². The van der Waals surface area contributed by atoms with E-state index in [9.17, 15) is 0 Å². The Morgan fingerprint density at radius 1 is 0.938 bits per heavy atom. The predicted octanol–water partition coefficient (Wildman–Crippen LogP) is 1.03. The molecule has 16 heavy (non-hydrogen) atoms. The SMILES string of the molecule is C1=Nc2c(c3nc[nH]c3c3[nH]cnc23)NN1. The molecule has 0 aliphatic carbocycles. The van der Waals surface area contributed by atoms with E-state index in [1.54, 1.807) is 19.0 Å². The molecule has 7 nitrogen and oxygen atoms in total. The molecule has 1 aromatic carbocycles. The molecule has 7 heteroatoms. The molecular formula is C9H7N7.